The summed E-state index contributed by atoms with van der Waals surface area (Å²) in [6.07, 6.45) is 3.39. The quantitative estimate of drug-likeness (QED) is 0.782. The van der Waals surface area contributed by atoms with Crippen LogP contribution in [0.5, 0.6) is 0 Å². The Morgan fingerprint density at radius 3 is 2.87 bits per heavy atom. The van der Waals surface area contributed by atoms with Gasteiger partial charge in [0.1, 0.15) is 5.82 Å². The fourth-order valence-corrected chi connectivity index (χ4v) is 1.13. The number of rotatable bonds is 4. The predicted molar refractivity (Wildman–Crippen MR) is 55.2 cm³/mol. The molecule has 0 aromatic heterocycles. The van der Waals surface area contributed by atoms with Gasteiger partial charge in [-0.3, -0.25) is 4.79 Å². The highest BCUT2D eigenvalue weighted by molar-refractivity contribution is 5.76. The van der Waals surface area contributed by atoms with E-state index in [1.165, 1.54) is 12.1 Å². The molecule has 1 aromatic carbocycles. The van der Waals surface area contributed by atoms with Gasteiger partial charge >= 0.3 is 0 Å². The molecule has 0 aliphatic rings. The third kappa shape index (κ3) is 3.52. The molecular formula is C11H12FNO2. The molecule has 0 aliphatic heterocycles. The predicted octanol–water partition coefficient (Wildman–Crippen LogP) is 1.21. The molecule has 0 fully saturated rings. The number of hydrogen-bond acceptors (Lipinski definition) is 2. The third-order valence-electron chi connectivity index (χ3n) is 1.87. The first-order chi connectivity index (χ1) is 7.13. The van der Waals surface area contributed by atoms with Gasteiger partial charge in [-0.25, -0.2) is 4.39 Å². The van der Waals surface area contributed by atoms with Crippen LogP contribution in [0.25, 0.3) is 6.08 Å². The summed E-state index contributed by atoms with van der Waals surface area (Å²) in [5.74, 6) is -0.861. The number of primary amides is 1. The van der Waals surface area contributed by atoms with Crippen molar-refractivity contribution >= 4 is 12.0 Å². The van der Waals surface area contributed by atoms with E-state index < -0.39 is 11.7 Å². The summed E-state index contributed by atoms with van der Waals surface area (Å²) in [6, 6.07) is 4.36. The lowest BCUT2D eigenvalue weighted by Crippen LogP contribution is -2.07. The van der Waals surface area contributed by atoms with Crippen molar-refractivity contribution in [2.24, 2.45) is 5.73 Å². The van der Waals surface area contributed by atoms with Gasteiger partial charge in [0.15, 0.2) is 0 Å². The van der Waals surface area contributed by atoms with Gasteiger partial charge in [-0.15, -0.1) is 0 Å². The van der Waals surface area contributed by atoms with Crippen LogP contribution in [0.15, 0.2) is 24.3 Å². The molecule has 0 bridgehead atoms. The van der Waals surface area contributed by atoms with E-state index in [0.717, 1.165) is 5.56 Å². The summed E-state index contributed by atoms with van der Waals surface area (Å²) >= 11 is 0. The SMILES string of the molecule is NC(=O)CC=Cc1ccc(F)c(CO)c1. The number of aliphatic hydroxyl groups excluding tert-OH is 1. The molecule has 1 aromatic rings. The maximum Gasteiger partial charge on any atom is 0.221 e. The highest BCUT2D eigenvalue weighted by Gasteiger charge is 2.00. The van der Waals surface area contributed by atoms with Crippen molar-refractivity contribution in [3.8, 4) is 0 Å². The molecule has 1 amide bonds. The molecule has 0 aliphatic carbocycles. The number of aliphatic hydroxyl groups is 1. The van der Waals surface area contributed by atoms with Crippen LogP contribution in [0.4, 0.5) is 4.39 Å². The Labute approximate surface area is 87.0 Å². The zero-order chi connectivity index (χ0) is 11.3. The highest BCUT2D eigenvalue weighted by Crippen LogP contribution is 2.12. The van der Waals surface area contributed by atoms with E-state index in [2.05, 4.69) is 0 Å². The van der Waals surface area contributed by atoms with Gasteiger partial charge in [0.25, 0.3) is 0 Å². The third-order valence-corrected chi connectivity index (χ3v) is 1.87. The summed E-state index contributed by atoms with van der Waals surface area (Å²) < 4.78 is 13.0. The second-order valence-electron chi connectivity index (χ2n) is 3.08. The molecule has 0 heterocycles. The van der Waals surface area contributed by atoms with Gasteiger partial charge in [-0.2, -0.15) is 0 Å². The molecule has 0 saturated heterocycles. The van der Waals surface area contributed by atoms with Crippen molar-refractivity contribution < 1.29 is 14.3 Å². The number of benzene rings is 1. The molecule has 15 heavy (non-hydrogen) atoms. The molecule has 3 nitrogen and oxygen atoms in total. The normalized spacial score (nSPS) is 10.8. The lowest BCUT2D eigenvalue weighted by molar-refractivity contribution is -0.117. The van der Waals surface area contributed by atoms with E-state index in [1.54, 1.807) is 18.2 Å². The number of amides is 1. The van der Waals surface area contributed by atoms with E-state index in [-0.39, 0.29) is 18.6 Å². The van der Waals surface area contributed by atoms with Crippen LogP contribution < -0.4 is 5.73 Å². The number of halogens is 1. The van der Waals surface area contributed by atoms with Gasteiger partial charge in [-0.05, 0) is 17.7 Å². The van der Waals surface area contributed by atoms with Crippen LogP contribution in [0.2, 0.25) is 0 Å². The fraction of sp³-hybridized carbons (Fsp3) is 0.182. The lowest BCUT2D eigenvalue weighted by Gasteiger charge is -2.00. The average Bonchev–Trinajstić information content (AvgIpc) is 2.20. The van der Waals surface area contributed by atoms with Crippen molar-refractivity contribution in [3.05, 3.63) is 41.2 Å². The smallest absolute Gasteiger partial charge is 0.221 e. The van der Waals surface area contributed by atoms with E-state index in [1.807, 2.05) is 0 Å². The van der Waals surface area contributed by atoms with E-state index in [9.17, 15) is 9.18 Å². The first-order valence-corrected chi connectivity index (χ1v) is 4.47. The Kier molecular flexibility index (Phi) is 4.00. The van der Waals surface area contributed by atoms with Crippen LogP contribution in [0.1, 0.15) is 17.5 Å². The Balaban J connectivity index is 2.78. The van der Waals surface area contributed by atoms with Crippen LogP contribution >= 0.6 is 0 Å². The Morgan fingerprint density at radius 1 is 1.53 bits per heavy atom. The zero-order valence-electron chi connectivity index (χ0n) is 8.11. The maximum atomic E-state index is 13.0. The van der Waals surface area contributed by atoms with Gasteiger partial charge in [0.2, 0.25) is 5.91 Å². The van der Waals surface area contributed by atoms with Gasteiger partial charge < -0.3 is 10.8 Å². The van der Waals surface area contributed by atoms with Crippen molar-refractivity contribution in [2.45, 2.75) is 13.0 Å². The second kappa shape index (κ2) is 5.26. The van der Waals surface area contributed by atoms with Crippen molar-refractivity contribution in [2.75, 3.05) is 0 Å². The maximum absolute atomic E-state index is 13.0. The molecular weight excluding hydrogens is 197 g/mol. The Morgan fingerprint density at radius 2 is 2.27 bits per heavy atom. The Bertz CT molecular complexity index is 388. The van der Waals surface area contributed by atoms with Crippen molar-refractivity contribution in [1.29, 1.82) is 0 Å². The van der Waals surface area contributed by atoms with Crippen LogP contribution in [0.3, 0.4) is 0 Å². The summed E-state index contributed by atoms with van der Waals surface area (Å²) in [6.45, 7) is -0.344. The van der Waals surface area contributed by atoms with Crippen molar-refractivity contribution in [1.82, 2.24) is 0 Å². The zero-order valence-corrected chi connectivity index (χ0v) is 8.11. The largest absolute Gasteiger partial charge is 0.392 e. The molecule has 0 radical (unpaired) electrons. The van der Waals surface area contributed by atoms with Crippen LogP contribution in [0, 0.1) is 5.82 Å². The van der Waals surface area contributed by atoms with Gasteiger partial charge in [0.05, 0.1) is 6.61 Å². The highest BCUT2D eigenvalue weighted by atomic mass is 19.1. The molecule has 0 unspecified atom stereocenters. The standard InChI is InChI=1S/C11H12FNO2/c12-10-5-4-8(6-9(10)7-14)2-1-3-11(13)15/h1-2,4-6,14H,3,7H2,(H2,13,15). The summed E-state index contributed by atoms with van der Waals surface area (Å²) in [7, 11) is 0. The van der Waals surface area contributed by atoms with Gasteiger partial charge in [0, 0.05) is 12.0 Å². The summed E-state index contributed by atoms with van der Waals surface area (Å²) in [4.78, 5) is 10.4. The average molecular weight is 209 g/mol. The lowest BCUT2D eigenvalue weighted by atomic mass is 10.1. The van der Waals surface area contributed by atoms with E-state index >= 15 is 0 Å². The van der Waals surface area contributed by atoms with E-state index in [0.29, 0.717) is 0 Å². The first-order valence-electron chi connectivity index (χ1n) is 4.47. The topological polar surface area (TPSA) is 63.3 Å². The molecule has 0 spiro atoms. The first kappa shape index (κ1) is 11.4. The molecule has 4 heteroatoms. The van der Waals surface area contributed by atoms with Gasteiger partial charge in [-0.1, -0.05) is 18.2 Å². The summed E-state index contributed by atoms with van der Waals surface area (Å²) in [5.41, 5.74) is 5.90. The summed E-state index contributed by atoms with van der Waals surface area (Å²) in [5, 5.41) is 8.82. The molecule has 0 saturated carbocycles. The fourth-order valence-electron chi connectivity index (χ4n) is 1.13. The minimum atomic E-state index is -0.440. The molecule has 0 atom stereocenters. The number of carbonyl (C=O) groups excluding carboxylic acids is 1. The number of carbonyl (C=O) groups is 1. The minimum absolute atomic E-state index is 0.145. The van der Waals surface area contributed by atoms with E-state index in [4.69, 9.17) is 10.8 Å². The second-order valence-corrected chi connectivity index (χ2v) is 3.08. The molecule has 80 valence electrons. The monoisotopic (exact) mass is 209 g/mol. The number of nitrogens with two attached hydrogens (primary N) is 1. The van der Waals surface area contributed by atoms with Crippen LogP contribution in [-0.4, -0.2) is 11.0 Å². The van der Waals surface area contributed by atoms with Crippen LogP contribution in [-0.2, 0) is 11.4 Å². The minimum Gasteiger partial charge on any atom is -0.392 e. The number of hydrogen-bond donors (Lipinski definition) is 2. The molecule has 3 N–H and O–H groups in total. The van der Waals surface area contributed by atoms with Crippen molar-refractivity contribution in [3.63, 3.8) is 0 Å². The Hall–Kier alpha value is -1.68. The molecule has 1 rings (SSSR count).